The molecule has 7 heteroatoms. The molecule has 5 rings (SSSR count). The van der Waals surface area contributed by atoms with E-state index < -0.39 is 0 Å². The molecule has 0 spiro atoms. The van der Waals surface area contributed by atoms with Crippen molar-refractivity contribution in [1.82, 2.24) is 19.1 Å². The van der Waals surface area contributed by atoms with E-state index in [4.69, 9.17) is 16.6 Å². The molecule has 0 saturated carbocycles. The smallest absolute Gasteiger partial charge is 0.287 e. The van der Waals surface area contributed by atoms with Crippen molar-refractivity contribution in [3.05, 3.63) is 76.3 Å². The number of fused-ring (bicyclic) bond motifs is 1. The summed E-state index contributed by atoms with van der Waals surface area (Å²) in [5.74, 6) is 0.655. The quantitative estimate of drug-likeness (QED) is 0.512. The molecule has 1 aliphatic rings. The van der Waals surface area contributed by atoms with Crippen LogP contribution in [0.2, 0.25) is 5.02 Å². The number of benzene rings is 2. The predicted molar refractivity (Wildman–Crippen MR) is 116 cm³/mol. The average molecular weight is 406 g/mol. The molecular formula is C22H20ClN5O. The van der Waals surface area contributed by atoms with Gasteiger partial charge < -0.3 is 4.90 Å². The lowest BCUT2D eigenvalue weighted by Crippen LogP contribution is -2.36. The Labute approximate surface area is 173 Å². The number of aromatic nitrogens is 4. The van der Waals surface area contributed by atoms with Crippen LogP contribution in [0.3, 0.4) is 0 Å². The molecular weight excluding hydrogens is 386 g/mol. The Morgan fingerprint density at radius 2 is 1.59 bits per heavy atom. The maximum atomic E-state index is 13.5. The van der Waals surface area contributed by atoms with Crippen LogP contribution in [0.15, 0.2) is 65.7 Å². The SMILES string of the molecule is O=c1c2ncn(-c3ccccc3)c2nc(N2CCCCC2)n1-c1ccc(Cl)cc1. The molecule has 0 radical (unpaired) electrons. The third-order valence-electron chi connectivity index (χ3n) is 5.31. The first-order valence-electron chi connectivity index (χ1n) is 9.79. The van der Waals surface area contributed by atoms with Crippen molar-refractivity contribution in [1.29, 1.82) is 0 Å². The number of rotatable bonds is 3. The molecule has 4 aromatic rings. The molecule has 146 valence electrons. The van der Waals surface area contributed by atoms with Gasteiger partial charge in [-0.25, -0.2) is 9.55 Å². The number of nitrogens with zero attached hydrogens (tertiary/aromatic N) is 5. The van der Waals surface area contributed by atoms with Crippen LogP contribution in [-0.2, 0) is 0 Å². The van der Waals surface area contributed by atoms with Crippen LogP contribution in [0.25, 0.3) is 22.5 Å². The van der Waals surface area contributed by atoms with E-state index in [2.05, 4.69) is 9.88 Å². The fourth-order valence-electron chi connectivity index (χ4n) is 3.85. The Bertz CT molecular complexity index is 1210. The van der Waals surface area contributed by atoms with E-state index in [1.54, 1.807) is 23.0 Å². The largest absolute Gasteiger partial charge is 0.342 e. The van der Waals surface area contributed by atoms with Crippen molar-refractivity contribution < 1.29 is 0 Å². The fourth-order valence-corrected chi connectivity index (χ4v) is 3.97. The Morgan fingerprint density at radius 1 is 0.862 bits per heavy atom. The van der Waals surface area contributed by atoms with Crippen LogP contribution >= 0.6 is 11.6 Å². The van der Waals surface area contributed by atoms with Gasteiger partial charge in [-0.3, -0.25) is 9.36 Å². The molecule has 3 heterocycles. The third-order valence-corrected chi connectivity index (χ3v) is 5.56. The first-order valence-corrected chi connectivity index (χ1v) is 10.2. The molecule has 1 saturated heterocycles. The Hall–Kier alpha value is -3.12. The molecule has 29 heavy (non-hydrogen) atoms. The highest BCUT2D eigenvalue weighted by Crippen LogP contribution is 2.24. The van der Waals surface area contributed by atoms with Gasteiger partial charge in [0.05, 0.1) is 5.69 Å². The van der Waals surface area contributed by atoms with Gasteiger partial charge in [0.2, 0.25) is 5.95 Å². The molecule has 2 aromatic heterocycles. The zero-order chi connectivity index (χ0) is 19.8. The molecule has 0 bridgehead atoms. The molecule has 2 aromatic carbocycles. The van der Waals surface area contributed by atoms with Crippen molar-refractivity contribution in [3.8, 4) is 11.4 Å². The van der Waals surface area contributed by atoms with Gasteiger partial charge in [-0.1, -0.05) is 29.8 Å². The zero-order valence-electron chi connectivity index (χ0n) is 15.8. The fraction of sp³-hybridized carbons (Fsp3) is 0.227. The van der Waals surface area contributed by atoms with Gasteiger partial charge in [0.25, 0.3) is 5.56 Å². The van der Waals surface area contributed by atoms with Gasteiger partial charge in [0, 0.05) is 23.8 Å². The van der Waals surface area contributed by atoms with Crippen molar-refractivity contribution in [2.24, 2.45) is 0 Å². The van der Waals surface area contributed by atoms with Gasteiger partial charge >= 0.3 is 0 Å². The summed E-state index contributed by atoms with van der Waals surface area (Å²) in [7, 11) is 0. The third kappa shape index (κ3) is 3.19. The molecule has 0 amide bonds. The van der Waals surface area contributed by atoms with Gasteiger partial charge in [-0.05, 0) is 55.7 Å². The van der Waals surface area contributed by atoms with Crippen LogP contribution in [-0.4, -0.2) is 32.2 Å². The van der Waals surface area contributed by atoms with E-state index >= 15 is 0 Å². The van der Waals surface area contributed by atoms with Gasteiger partial charge in [-0.2, -0.15) is 4.98 Å². The number of halogens is 1. The summed E-state index contributed by atoms with van der Waals surface area (Å²) in [5.41, 5.74) is 2.42. The summed E-state index contributed by atoms with van der Waals surface area (Å²) in [6.07, 6.45) is 5.05. The first-order chi connectivity index (χ1) is 14.2. The summed E-state index contributed by atoms with van der Waals surface area (Å²) in [5, 5.41) is 0.628. The highest BCUT2D eigenvalue weighted by atomic mass is 35.5. The number of hydrogen-bond donors (Lipinski definition) is 0. The van der Waals surface area contributed by atoms with Gasteiger partial charge in [0.15, 0.2) is 11.2 Å². The molecule has 0 aliphatic carbocycles. The van der Waals surface area contributed by atoms with Crippen molar-refractivity contribution in [2.45, 2.75) is 19.3 Å². The van der Waals surface area contributed by atoms with Crippen molar-refractivity contribution in [3.63, 3.8) is 0 Å². The molecule has 0 N–H and O–H groups in total. The Morgan fingerprint density at radius 3 is 2.31 bits per heavy atom. The van der Waals surface area contributed by atoms with Crippen LogP contribution in [0.4, 0.5) is 5.95 Å². The van der Waals surface area contributed by atoms with Crippen molar-refractivity contribution >= 4 is 28.7 Å². The lowest BCUT2D eigenvalue weighted by atomic mass is 10.1. The van der Waals surface area contributed by atoms with Crippen molar-refractivity contribution in [2.75, 3.05) is 18.0 Å². The summed E-state index contributed by atoms with van der Waals surface area (Å²) in [6.45, 7) is 1.76. The molecule has 0 unspecified atom stereocenters. The van der Waals surface area contributed by atoms with Crippen LogP contribution in [0.1, 0.15) is 19.3 Å². The standard InChI is InChI=1S/C22H20ClN5O/c23-16-9-11-18(12-10-16)28-21(29)19-20(25-22(28)26-13-5-2-6-14-26)27(15-24-19)17-7-3-1-4-8-17/h1,3-4,7-12,15H,2,5-6,13-14H2. The van der Waals surface area contributed by atoms with Gasteiger partial charge in [0.1, 0.15) is 6.33 Å². The van der Waals surface area contributed by atoms with E-state index in [0.717, 1.165) is 37.3 Å². The first kappa shape index (κ1) is 17.9. The maximum Gasteiger partial charge on any atom is 0.287 e. The van der Waals surface area contributed by atoms with E-state index in [1.165, 1.54) is 6.42 Å². The molecule has 1 aliphatic heterocycles. The minimum Gasteiger partial charge on any atom is -0.342 e. The minimum atomic E-state index is -0.174. The average Bonchev–Trinajstić information content (AvgIpc) is 3.20. The molecule has 1 fully saturated rings. The topological polar surface area (TPSA) is 56.0 Å². The van der Waals surface area contributed by atoms with E-state index in [1.807, 2.05) is 47.0 Å². The zero-order valence-corrected chi connectivity index (χ0v) is 16.6. The van der Waals surface area contributed by atoms with Crippen LogP contribution in [0, 0.1) is 0 Å². The highest BCUT2D eigenvalue weighted by molar-refractivity contribution is 6.30. The Balaban J connectivity index is 1.78. The highest BCUT2D eigenvalue weighted by Gasteiger charge is 2.22. The summed E-state index contributed by atoms with van der Waals surface area (Å²) in [4.78, 5) is 25.1. The normalized spacial score (nSPS) is 14.4. The number of para-hydroxylation sites is 1. The lowest BCUT2D eigenvalue weighted by molar-refractivity contribution is 0.563. The number of imidazole rings is 1. The summed E-state index contributed by atoms with van der Waals surface area (Å²) < 4.78 is 3.53. The molecule has 0 atom stereocenters. The van der Waals surface area contributed by atoms with Crippen LogP contribution < -0.4 is 10.5 Å². The number of piperidine rings is 1. The van der Waals surface area contributed by atoms with E-state index in [9.17, 15) is 4.79 Å². The molecule has 6 nitrogen and oxygen atoms in total. The summed E-state index contributed by atoms with van der Waals surface area (Å²) >= 11 is 6.06. The predicted octanol–water partition coefficient (Wildman–Crippen LogP) is 4.22. The minimum absolute atomic E-state index is 0.174. The van der Waals surface area contributed by atoms with Gasteiger partial charge in [-0.15, -0.1) is 0 Å². The van der Waals surface area contributed by atoms with Crippen LogP contribution in [0.5, 0.6) is 0 Å². The number of hydrogen-bond acceptors (Lipinski definition) is 4. The number of anilines is 1. The van der Waals surface area contributed by atoms with E-state index in [0.29, 0.717) is 22.1 Å². The van der Waals surface area contributed by atoms with E-state index in [-0.39, 0.29) is 5.56 Å². The maximum absolute atomic E-state index is 13.5. The Kier molecular flexibility index (Phi) is 4.56. The second-order valence-corrected chi connectivity index (χ2v) is 7.64. The lowest BCUT2D eigenvalue weighted by Gasteiger charge is -2.29. The summed E-state index contributed by atoms with van der Waals surface area (Å²) in [6, 6.07) is 17.1. The second kappa shape index (κ2) is 7.37. The monoisotopic (exact) mass is 405 g/mol. The second-order valence-electron chi connectivity index (χ2n) is 7.20.